The maximum absolute atomic E-state index is 13.4. The molecule has 1 aromatic heterocycles. The third-order valence-electron chi connectivity index (χ3n) is 2.36. The molecule has 1 aromatic carbocycles. The minimum Gasteiger partial charge on any atom is -0.360 e. The fourth-order valence-corrected chi connectivity index (χ4v) is 1.67. The van der Waals surface area contributed by atoms with Gasteiger partial charge in [0.05, 0.1) is 4.92 Å². The highest BCUT2D eigenvalue weighted by molar-refractivity contribution is 6.31. The molecule has 0 radical (unpaired) electrons. The average molecular weight is 283 g/mol. The van der Waals surface area contributed by atoms with Gasteiger partial charge in [-0.15, -0.1) is 0 Å². The van der Waals surface area contributed by atoms with Crippen molar-refractivity contribution < 1.29 is 9.31 Å². The van der Waals surface area contributed by atoms with E-state index in [1.54, 1.807) is 18.2 Å². The molecule has 0 saturated carbocycles. The number of nitro groups is 1. The molecule has 0 unspecified atom stereocenters. The van der Waals surface area contributed by atoms with Crippen LogP contribution in [0.3, 0.4) is 0 Å². The maximum Gasteiger partial charge on any atom is 0.348 e. The van der Waals surface area contributed by atoms with Gasteiger partial charge in [0.25, 0.3) is 0 Å². The fourth-order valence-electron chi connectivity index (χ4n) is 1.47. The number of anilines is 1. The number of hydrogen-bond donors (Lipinski definition) is 1. The van der Waals surface area contributed by atoms with Crippen molar-refractivity contribution in [2.75, 3.05) is 5.32 Å². The molecule has 2 rings (SSSR count). The molecule has 0 amide bonds. The van der Waals surface area contributed by atoms with Crippen molar-refractivity contribution in [3.63, 3.8) is 0 Å². The standard InChI is InChI=1S/C11H8ClFN4O2/c12-10-9(17(18)19)11(16-6-15-10)14-5-7-3-1-2-4-8(7)13/h1-4,6H,5H2,(H,14,15,16). The van der Waals surface area contributed by atoms with Gasteiger partial charge in [-0.3, -0.25) is 10.1 Å². The molecule has 1 N–H and O–H groups in total. The lowest BCUT2D eigenvalue weighted by atomic mass is 10.2. The van der Waals surface area contributed by atoms with Gasteiger partial charge in [0.2, 0.25) is 11.0 Å². The number of nitrogens with one attached hydrogen (secondary N) is 1. The SMILES string of the molecule is O=[N+]([O-])c1c(Cl)ncnc1NCc1ccccc1F. The molecule has 0 atom stereocenters. The van der Waals surface area contributed by atoms with Crippen molar-refractivity contribution in [1.82, 2.24) is 9.97 Å². The van der Waals surface area contributed by atoms with E-state index in [1.807, 2.05) is 0 Å². The smallest absolute Gasteiger partial charge is 0.348 e. The Morgan fingerprint density at radius 2 is 2.11 bits per heavy atom. The summed E-state index contributed by atoms with van der Waals surface area (Å²) in [6, 6.07) is 6.10. The molecule has 8 heteroatoms. The van der Waals surface area contributed by atoms with Crippen molar-refractivity contribution in [1.29, 1.82) is 0 Å². The quantitative estimate of drug-likeness (QED) is 0.530. The van der Waals surface area contributed by atoms with Crippen molar-refractivity contribution in [3.05, 3.63) is 57.2 Å². The van der Waals surface area contributed by atoms with Gasteiger partial charge in [0.1, 0.15) is 12.1 Å². The zero-order valence-electron chi connectivity index (χ0n) is 9.51. The Morgan fingerprint density at radius 3 is 2.79 bits per heavy atom. The first-order valence-corrected chi connectivity index (χ1v) is 5.59. The molecule has 19 heavy (non-hydrogen) atoms. The number of nitrogens with zero attached hydrogens (tertiary/aromatic N) is 3. The normalized spacial score (nSPS) is 10.2. The lowest BCUT2D eigenvalue weighted by Crippen LogP contribution is -2.07. The first kappa shape index (κ1) is 13.2. The Kier molecular flexibility index (Phi) is 3.86. The Morgan fingerprint density at radius 1 is 1.37 bits per heavy atom. The van der Waals surface area contributed by atoms with Crippen LogP contribution < -0.4 is 5.32 Å². The van der Waals surface area contributed by atoms with E-state index in [4.69, 9.17) is 11.6 Å². The molecule has 6 nitrogen and oxygen atoms in total. The van der Waals surface area contributed by atoms with Crippen LogP contribution in [0.4, 0.5) is 15.9 Å². The van der Waals surface area contributed by atoms with E-state index in [-0.39, 0.29) is 17.5 Å². The molecule has 0 saturated heterocycles. The van der Waals surface area contributed by atoms with Gasteiger partial charge in [-0.1, -0.05) is 29.8 Å². The van der Waals surface area contributed by atoms with E-state index in [0.29, 0.717) is 5.56 Å². The van der Waals surface area contributed by atoms with Crippen LogP contribution in [0.5, 0.6) is 0 Å². The largest absolute Gasteiger partial charge is 0.360 e. The zero-order chi connectivity index (χ0) is 13.8. The minimum atomic E-state index is -0.688. The van der Waals surface area contributed by atoms with E-state index >= 15 is 0 Å². The number of hydrogen-bond acceptors (Lipinski definition) is 5. The molecular weight excluding hydrogens is 275 g/mol. The summed E-state index contributed by atoms with van der Waals surface area (Å²) < 4.78 is 13.4. The predicted molar refractivity (Wildman–Crippen MR) is 67.4 cm³/mol. The fraction of sp³-hybridized carbons (Fsp3) is 0.0909. The number of rotatable bonds is 4. The highest BCUT2D eigenvalue weighted by Gasteiger charge is 2.21. The third kappa shape index (κ3) is 2.94. The number of halogens is 2. The molecule has 1 heterocycles. The Labute approximate surface area is 112 Å². The minimum absolute atomic E-state index is 0.0479. The van der Waals surface area contributed by atoms with Crippen molar-refractivity contribution in [2.24, 2.45) is 0 Å². The summed E-state index contributed by atoms with van der Waals surface area (Å²) in [4.78, 5) is 17.4. The predicted octanol–water partition coefficient (Wildman–Crippen LogP) is 2.79. The Hall–Kier alpha value is -2.28. The van der Waals surface area contributed by atoms with Crippen LogP contribution in [-0.4, -0.2) is 14.9 Å². The second-order valence-corrected chi connectivity index (χ2v) is 3.92. The van der Waals surface area contributed by atoms with E-state index in [9.17, 15) is 14.5 Å². The van der Waals surface area contributed by atoms with Gasteiger partial charge in [0.15, 0.2) is 0 Å². The molecular formula is C11H8ClFN4O2. The van der Waals surface area contributed by atoms with Gasteiger partial charge < -0.3 is 5.32 Å². The van der Waals surface area contributed by atoms with Crippen LogP contribution in [-0.2, 0) is 6.54 Å². The average Bonchev–Trinajstić information content (AvgIpc) is 2.37. The molecule has 2 aromatic rings. The monoisotopic (exact) mass is 282 g/mol. The van der Waals surface area contributed by atoms with Gasteiger partial charge in [-0.05, 0) is 6.07 Å². The first-order chi connectivity index (χ1) is 9.09. The van der Waals surface area contributed by atoms with Gasteiger partial charge in [-0.2, -0.15) is 0 Å². The molecule has 98 valence electrons. The summed E-state index contributed by atoms with van der Waals surface area (Å²) >= 11 is 5.63. The van der Waals surface area contributed by atoms with Crippen LogP contribution in [0.2, 0.25) is 5.15 Å². The highest BCUT2D eigenvalue weighted by Crippen LogP contribution is 2.28. The van der Waals surface area contributed by atoms with E-state index in [2.05, 4.69) is 15.3 Å². The van der Waals surface area contributed by atoms with E-state index < -0.39 is 16.4 Å². The molecule has 0 aliphatic heterocycles. The van der Waals surface area contributed by atoms with Crippen molar-refractivity contribution in [2.45, 2.75) is 6.54 Å². The summed E-state index contributed by atoms with van der Waals surface area (Å²) in [6.45, 7) is 0.0564. The Balaban J connectivity index is 2.23. The van der Waals surface area contributed by atoms with Crippen LogP contribution in [0, 0.1) is 15.9 Å². The summed E-state index contributed by atoms with van der Waals surface area (Å²) in [7, 11) is 0. The second-order valence-electron chi connectivity index (χ2n) is 3.56. The summed E-state index contributed by atoms with van der Waals surface area (Å²) in [5.41, 5.74) is -0.0629. The van der Waals surface area contributed by atoms with Gasteiger partial charge in [0, 0.05) is 12.1 Å². The second kappa shape index (κ2) is 5.57. The summed E-state index contributed by atoms with van der Waals surface area (Å²) in [5.74, 6) is -0.453. The van der Waals surface area contributed by atoms with Crippen LogP contribution in [0.1, 0.15) is 5.56 Å². The highest BCUT2D eigenvalue weighted by atomic mass is 35.5. The van der Waals surface area contributed by atoms with Gasteiger partial charge in [-0.25, -0.2) is 14.4 Å². The number of benzene rings is 1. The summed E-state index contributed by atoms with van der Waals surface area (Å²) in [5, 5.41) is 13.3. The van der Waals surface area contributed by atoms with Crippen LogP contribution in [0.25, 0.3) is 0 Å². The zero-order valence-corrected chi connectivity index (χ0v) is 10.3. The lowest BCUT2D eigenvalue weighted by Gasteiger charge is -2.07. The molecule has 0 fully saturated rings. The topological polar surface area (TPSA) is 81.0 Å². The molecule has 0 aliphatic carbocycles. The van der Waals surface area contributed by atoms with Gasteiger partial charge >= 0.3 is 5.69 Å². The van der Waals surface area contributed by atoms with E-state index in [0.717, 1.165) is 6.33 Å². The van der Waals surface area contributed by atoms with Crippen molar-refractivity contribution >= 4 is 23.1 Å². The molecule has 0 aliphatic rings. The molecule has 0 bridgehead atoms. The number of aromatic nitrogens is 2. The Bertz CT molecular complexity index is 623. The van der Waals surface area contributed by atoms with Crippen LogP contribution in [0.15, 0.2) is 30.6 Å². The van der Waals surface area contributed by atoms with Crippen LogP contribution >= 0.6 is 11.6 Å². The first-order valence-electron chi connectivity index (χ1n) is 5.21. The van der Waals surface area contributed by atoms with E-state index in [1.165, 1.54) is 6.07 Å². The maximum atomic E-state index is 13.4. The van der Waals surface area contributed by atoms with Crippen molar-refractivity contribution in [3.8, 4) is 0 Å². The molecule has 0 spiro atoms. The third-order valence-corrected chi connectivity index (χ3v) is 2.64. The summed E-state index contributed by atoms with van der Waals surface area (Å²) in [6.07, 6.45) is 1.10. The lowest BCUT2D eigenvalue weighted by molar-refractivity contribution is -0.384.